The van der Waals surface area contributed by atoms with Crippen LogP contribution in [0.25, 0.3) is 0 Å². The predicted octanol–water partition coefficient (Wildman–Crippen LogP) is 2.42. The van der Waals surface area contributed by atoms with Crippen LogP contribution in [0, 0.1) is 5.92 Å². The number of carboxylic acids is 1. The second-order valence-electron chi connectivity index (χ2n) is 4.75. The number of carboxylic acid groups (broad SMARTS) is 1. The minimum atomic E-state index is -0.633. The average molecular weight is 233 g/mol. The summed E-state index contributed by atoms with van der Waals surface area (Å²) in [6, 6.07) is 10.8. The molecule has 0 aliphatic heterocycles. The molecule has 1 aromatic carbocycles. The van der Waals surface area contributed by atoms with Gasteiger partial charge in [-0.2, -0.15) is 0 Å². The molecule has 2 N–H and O–H groups in total. The van der Waals surface area contributed by atoms with Gasteiger partial charge in [-0.25, -0.2) is 0 Å². The summed E-state index contributed by atoms with van der Waals surface area (Å²) in [7, 11) is 0. The van der Waals surface area contributed by atoms with E-state index < -0.39 is 5.97 Å². The van der Waals surface area contributed by atoms with E-state index in [1.54, 1.807) is 0 Å². The van der Waals surface area contributed by atoms with Crippen molar-refractivity contribution < 1.29 is 9.90 Å². The second kappa shape index (κ2) is 5.82. The quantitative estimate of drug-likeness (QED) is 0.839. The molecule has 92 valence electrons. The van der Waals surface area contributed by atoms with Gasteiger partial charge in [0.15, 0.2) is 0 Å². The topological polar surface area (TPSA) is 49.3 Å². The SMILES string of the molecule is O=C(O)C1CCC(NCc2ccccc2)CC1. The Morgan fingerprint density at radius 1 is 1.18 bits per heavy atom. The van der Waals surface area contributed by atoms with Gasteiger partial charge in [0.2, 0.25) is 0 Å². The maximum atomic E-state index is 10.8. The lowest BCUT2D eigenvalue weighted by atomic mass is 9.86. The van der Waals surface area contributed by atoms with Crippen molar-refractivity contribution in [1.82, 2.24) is 5.32 Å². The summed E-state index contributed by atoms with van der Waals surface area (Å²) < 4.78 is 0. The molecule has 1 aliphatic carbocycles. The number of nitrogens with one attached hydrogen (secondary N) is 1. The minimum absolute atomic E-state index is 0.121. The summed E-state index contributed by atoms with van der Waals surface area (Å²) in [5.74, 6) is -0.753. The van der Waals surface area contributed by atoms with Gasteiger partial charge >= 0.3 is 5.97 Å². The fourth-order valence-electron chi connectivity index (χ4n) is 2.40. The van der Waals surface area contributed by atoms with Crippen LogP contribution in [-0.4, -0.2) is 17.1 Å². The summed E-state index contributed by atoms with van der Waals surface area (Å²) in [5.41, 5.74) is 1.29. The van der Waals surface area contributed by atoms with Crippen molar-refractivity contribution in [2.75, 3.05) is 0 Å². The van der Waals surface area contributed by atoms with Crippen LogP contribution < -0.4 is 5.32 Å². The molecular formula is C14H19NO2. The molecule has 0 atom stereocenters. The van der Waals surface area contributed by atoms with Crippen LogP contribution >= 0.6 is 0 Å². The molecular weight excluding hydrogens is 214 g/mol. The molecule has 0 heterocycles. The summed E-state index contributed by atoms with van der Waals surface area (Å²) >= 11 is 0. The van der Waals surface area contributed by atoms with Gasteiger partial charge in [0.25, 0.3) is 0 Å². The van der Waals surface area contributed by atoms with E-state index in [4.69, 9.17) is 5.11 Å². The number of hydrogen-bond donors (Lipinski definition) is 2. The minimum Gasteiger partial charge on any atom is -0.481 e. The van der Waals surface area contributed by atoms with Crippen molar-refractivity contribution >= 4 is 5.97 Å². The third-order valence-electron chi connectivity index (χ3n) is 3.51. The zero-order valence-electron chi connectivity index (χ0n) is 9.93. The van der Waals surface area contributed by atoms with Gasteiger partial charge in [-0.1, -0.05) is 30.3 Å². The fraction of sp³-hybridized carbons (Fsp3) is 0.500. The van der Waals surface area contributed by atoms with E-state index in [0.717, 1.165) is 32.2 Å². The Hall–Kier alpha value is -1.35. The molecule has 0 saturated heterocycles. The number of benzene rings is 1. The third-order valence-corrected chi connectivity index (χ3v) is 3.51. The van der Waals surface area contributed by atoms with Gasteiger partial charge in [-0.3, -0.25) is 4.79 Å². The molecule has 2 rings (SSSR count). The van der Waals surface area contributed by atoms with Crippen LogP contribution in [0.1, 0.15) is 31.2 Å². The molecule has 0 spiro atoms. The number of carbonyl (C=O) groups is 1. The second-order valence-corrected chi connectivity index (χ2v) is 4.75. The van der Waals surface area contributed by atoms with Gasteiger partial charge < -0.3 is 10.4 Å². The van der Waals surface area contributed by atoms with Crippen LogP contribution in [0.3, 0.4) is 0 Å². The highest BCUT2D eigenvalue weighted by atomic mass is 16.4. The van der Waals surface area contributed by atoms with Crippen molar-refractivity contribution in [3.8, 4) is 0 Å². The van der Waals surface area contributed by atoms with E-state index in [9.17, 15) is 4.79 Å². The smallest absolute Gasteiger partial charge is 0.306 e. The van der Waals surface area contributed by atoms with Crippen molar-refractivity contribution in [3.63, 3.8) is 0 Å². The van der Waals surface area contributed by atoms with Gasteiger partial charge in [0.05, 0.1) is 5.92 Å². The van der Waals surface area contributed by atoms with E-state index in [0.29, 0.717) is 6.04 Å². The van der Waals surface area contributed by atoms with Gasteiger partial charge in [-0.15, -0.1) is 0 Å². The highest BCUT2D eigenvalue weighted by Gasteiger charge is 2.25. The number of rotatable bonds is 4. The fourth-order valence-corrected chi connectivity index (χ4v) is 2.40. The lowest BCUT2D eigenvalue weighted by Crippen LogP contribution is -2.34. The summed E-state index contributed by atoms with van der Waals surface area (Å²) in [5, 5.41) is 12.4. The first-order valence-corrected chi connectivity index (χ1v) is 6.26. The molecule has 0 radical (unpaired) electrons. The largest absolute Gasteiger partial charge is 0.481 e. The van der Waals surface area contributed by atoms with Crippen LogP contribution in [-0.2, 0) is 11.3 Å². The number of aliphatic carboxylic acids is 1. The summed E-state index contributed by atoms with van der Waals surface area (Å²) in [6.45, 7) is 0.878. The Bertz CT molecular complexity index is 356. The summed E-state index contributed by atoms with van der Waals surface area (Å²) in [4.78, 5) is 10.8. The van der Waals surface area contributed by atoms with E-state index in [1.165, 1.54) is 5.56 Å². The van der Waals surface area contributed by atoms with Gasteiger partial charge in [0, 0.05) is 12.6 Å². The summed E-state index contributed by atoms with van der Waals surface area (Å²) in [6.07, 6.45) is 3.57. The zero-order chi connectivity index (χ0) is 12.1. The van der Waals surface area contributed by atoms with Crippen LogP contribution in [0.15, 0.2) is 30.3 Å². The Morgan fingerprint density at radius 2 is 1.82 bits per heavy atom. The van der Waals surface area contributed by atoms with Crippen molar-refractivity contribution in [1.29, 1.82) is 0 Å². The first-order chi connectivity index (χ1) is 8.25. The van der Waals surface area contributed by atoms with E-state index in [1.807, 2.05) is 18.2 Å². The molecule has 3 nitrogen and oxygen atoms in total. The third kappa shape index (κ3) is 3.56. The van der Waals surface area contributed by atoms with Crippen molar-refractivity contribution in [3.05, 3.63) is 35.9 Å². The first-order valence-electron chi connectivity index (χ1n) is 6.26. The first kappa shape index (κ1) is 12.1. The molecule has 1 fully saturated rings. The Balaban J connectivity index is 1.74. The predicted molar refractivity (Wildman–Crippen MR) is 66.7 cm³/mol. The van der Waals surface area contributed by atoms with Crippen LogP contribution in [0.4, 0.5) is 0 Å². The van der Waals surface area contributed by atoms with Crippen molar-refractivity contribution in [2.24, 2.45) is 5.92 Å². The standard InChI is InChI=1S/C14H19NO2/c16-14(17)12-6-8-13(9-7-12)15-10-11-4-2-1-3-5-11/h1-5,12-13,15H,6-10H2,(H,16,17). The monoisotopic (exact) mass is 233 g/mol. The molecule has 0 unspecified atom stereocenters. The Labute approximate surface area is 102 Å². The molecule has 17 heavy (non-hydrogen) atoms. The normalized spacial score (nSPS) is 24.5. The maximum Gasteiger partial charge on any atom is 0.306 e. The van der Waals surface area contributed by atoms with E-state index in [-0.39, 0.29) is 5.92 Å². The molecule has 0 aromatic heterocycles. The van der Waals surface area contributed by atoms with Gasteiger partial charge in [-0.05, 0) is 31.2 Å². The molecule has 0 bridgehead atoms. The number of hydrogen-bond acceptors (Lipinski definition) is 2. The van der Waals surface area contributed by atoms with Crippen LogP contribution in [0.2, 0.25) is 0 Å². The lowest BCUT2D eigenvalue weighted by molar-refractivity contribution is -0.142. The molecule has 1 aromatic rings. The van der Waals surface area contributed by atoms with E-state index >= 15 is 0 Å². The molecule has 1 saturated carbocycles. The highest BCUT2D eigenvalue weighted by molar-refractivity contribution is 5.70. The van der Waals surface area contributed by atoms with Crippen molar-refractivity contribution in [2.45, 2.75) is 38.3 Å². The van der Waals surface area contributed by atoms with Crippen LogP contribution in [0.5, 0.6) is 0 Å². The lowest BCUT2D eigenvalue weighted by Gasteiger charge is -2.27. The van der Waals surface area contributed by atoms with E-state index in [2.05, 4.69) is 17.4 Å². The zero-order valence-corrected chi connectivity index (χ0v) is 9.93. The maximum absolute atomic E-state index is 10.8. The van der Waals surface area contributed by atoms with Gasteiger partial charge in [0.1, 0.15) is 0 Å². The highest BCUT2D eigenvalue weighted by Crippen LogP contribution is 2.24. The average Bonchev–Trinajstić information content (AvgIpc) is 2.38. The molecule has 0 amide bonds. The molecule has 3 heteroatoms. The Morgan fingerprint density at radius 3 is 2.41 bits per heavy atom. The Kier molecular flexibility index (Phi) is 4.15. The molecule has 1 aliphatic rings.